The summed E-state index contributed by atoms with van der Waals surface area (Å²) < 4.78 is 8.50. The smallest absolute Gasteiger partial charge is 0.453 e. The Labute approximate surface area is 253 Å². The van der Waals surface area contributed by atoms with Crippen molar-refractivity contribution in [1.82, 2.24) is 4.90 Å². The molecule has 1 saturated heterocycles. The maximum atomic E-state index is 13.4. The summed E-state index contributed by atoms with van der Waals surface area (Å²) in [7, 11) is 0.431. The number of piperidine rings is 1. The number of Topliss-reactive ketones (excluding diaryl/α,β-unsaturated/α-hetero) is 1. The summed E-state index contributed by atoms with van der Waals surface area (Å²) in [5, 5.41) is 246. The molecular formula is C19H27NO27. The van der Waals surface area contributed by atoms with Gasteiger partial charge in [0.25, 0.3) is 40.4 Å². The van der Waals surface area contributed by atoms with Crippen LogP contribution in [-0.4, -0.2) is 193 Å². The van der Waals surface area contributed by atoms with E-state index < -0.39 is 109 Å². The minimum absolute atomic E-state index is 0.431. The van der Waals surface area contributed by atoms with E-state index >= 15 is 0 Å². The van der Waals surface area contributed by atoms with E-state index in [1.807, 2.05) is 0 Å². The van der Waals surface area contributed by atoms with Crippen molar-refractivity contribution >= 4 is 5.78 Å². The molecule has 28 heteroatoms. The van der Waals surface area contributed by atoms with Gasteiger partial charge in [-0.25, -0.2) is 0 Å². The van der Waals surface area contributed by atoms with Crippen LogP contribution < -0.4 is 9.47 Å². The molecule has 47 heavy (non-hydrogen) atoms. The molecule has 24 N–H and O–H groups in total. The molecule has 0 spiro atoms. The van der Waals surface area contributed by atoms with Crippen LogP contribution >= 0.6 is 0 Å². The minimum atomic E-state index is -6.31. The number of benzene rings is 1. The van der Waals surface area contributed by atoms with Gasteiger partial charge in [-0.05, 0) is 0 Å². The number of hydrogen-bond acceptors (Lipinski definition) is 28. The fraction of sp³-hybridized carbons (Fsp3) is 0.632. The number of ether oxygens (including phenoxy) is 2. The summed E-state index contributed by atoms with van der Waals surface area (Å²) in [6.07, 6.45) is -4.43. The number of phenols is 2. The third-order valence-corrected chi connectivity index (χ3v) is 7.51. The first-order valence-corrected chi connectivity index (χ1v) is 11.5. The van der Waals surface area contributed by atoms with Crippen LogP contribution in [0.5, 0.6) is 23.0 Å². The van der Waals surface area contributed by atoms with Gasteiger partial charge >= 0.3 is 18.1 Å². The number of rotatable bonds is 7. The fourth-order valence-electron chi connectivity index (χ4n) is 5.28. The number of fused-ring (bicyclic) bond motifs is 3. The van der Waals surface area contributed by atoms with Crippen molar-refractivity contribution in [3.05, 3.63) is 11.1 Å². The molecule has 270 valence electrons. The summed E-state index contributed by atoms with van der Waals surface area (Å²) in [5.74, 6) is -52.2. The van der Waals surface area contributed by atoms with Crippen molar-refractivity contribution in [2.45, 2.75) is 64.2 Å². The Hall–Kier alpha value is -2.83. The summed E-state index contributed by atoms with van der Waals surface area (Å²) in [6.45, 7) is 0. The summed E-state index contributed by atoms with van der Waals surface area (Å²) in [5.41, 5.74) is -22.4. The Morgan fingerprint density at radius 2 is 1.00 bits per heavy atom. The van der Waals surface area contributed by atoms with E-state index in [0.717, 1.165) is 0 Å². The number of methoxy groups -OCH3 is 1. The highest BCUT2D eigenvalue weighted by Gasteiger charge is 2.94. The lowest BCUT2D eigenvalue weighted by atomic mass is 9.62. The first-order valence-electron chi connectivity index (χ1n) is 11.5. The van der Waals surface area contributed by atoms with Crippen molar-refractivity contribution in [3.63, 3.8) is 0 Å². The molecule has 1 aromatic rings. The van der Waals surface area contributed by atoms with E-state index in [9.17, 15) is 112 Å². The molecular weight excluding hydrogens is 674 g/mol. The molecule has 0 bridgehead atoms. The molecule has 0 radical (unpaired) electrons. The van der Waals surface area contributed by atoms with Gasteiger partial charge < -0.3 is 132 Å². The van der Waals surface area contributed by atoms with Gasteiger partial charge in [0, 0.05) is 0 Å². The van der Waals surface area contributed by atoms with E-state index in [-0.39, 0.29) is 0 Å². The second-order valence-electron chi connectivity index (χ2n) is 10.3. The zero-order valence-electron chi connectivity index (χ0n) is 22.4. The molecule has 2 atom stereocenters. The van der Waals surface area contributed by atoms with Gasteiger partial charge in [0.15, 0.2) is 11.5 Å². The van der Waals surface area contributed by atoms with Gasteiger partial charge in [-0.2, -0.15) is 4.90 Å². The summed E-state index contributed by atoms with van der Waals surface area (Å²) >= 11 is 0. The van der Waals surface area contributed by atoms with Gasteiger partial charge in [0.2, 0.25) is 23.0 Å². The zero-order chi connectivity index (χ0) is 37.5. The molecule has 2 heterocycles. The third-order valence-electron chi connectivity index (χ3n) is 7.51. The van der Waals surface area contributed by atoms with Crippen molar-refractivity contribution in [2.75, 3.05) is 7.11 Å². The normalized spacial score (nSPS) is 27.6. The number of phenolic OH excluding ortho intramolecular Hbond substituents is 2. The van der Waals surface area contributed by atoms with Crippen LogP contribution in [0.15, 0.2) is 0 Å². The minimum Gasteiger partial charge on any atom is -0.504 e. The predicted molar refractivity (Wildman–Crippen MR) is 121 cm³/mol. The summed E-state index contributed by atoms with van der Waals surface area (Å²) in [4.78, 5) is 11.4. The molecule has 1 fully saturated rings. The average molecular weight is 701 g/mol. The van der Waals surface area contributed by atoms with Gasteiger partial charge in [-0.3, -0.25) is 4.79 Å². The number of carbonyl (C=O) groups excluding carboxylic acids is 1. The molecule has 0 saturated carbocycles. The highest BCUT2D eigenvalue weighted by Crippen LogP contribution is 2.66. The fourth-order valence-corrected chi connectivity index (χ4v) is 5.28. The number of aromatic hydroxyl groups is 2. The highest BCUT2D eigenvalue weighted by atomic mass is 16.9. The van der Waals surface area contributed by atoms with Crippen molar-refractivity contribution in [1.29, 1.82) is 0 Å². The monoisotopic (exact) mass is 701 g/mol. The van der Waals surface area contributed by atoms with Crippen LogP contribution in [0, 0.1) is 0 Å². The lowest BCUT2D eigenvalue weighted by Gasteiger charge is -2.67. The standard InChI is InChI=1S/C19H27NO27/c1-46-6-4(21)2-3(5(22)7(6)47-19(43,44)45)11(26,27)16(35,36)20-10(2,25)12(28,29)8(23)9(24,15(20,33)34)14(31,32)13(30,17(37,38)39)18(40,41)42/h21-22,24-45H,1H3. The average Bonchev–Trinajstić information content (AvgIpc) is 2.84. The Kier molecular flexibility index (Phi) is 7.93. The van der Waals surface area contributed by atoms with E-state index in [2.05, 4.69) is 9.47 Å². The van der Waals surface area contributed by atoms with Gasteiger partial charge in [0.1, 0.15) is 0 Å². The zero-order valence-corrected chi connectivity index (χ0v) is 22.4. The lowest BCUT2D eigenvalue weighted by molar-refractivity contribution is -0.596. The number of aliphatic hydroxyl groups is 22. The Bertz CT molecular complexity index is 1460. The molecule has 0 amide bonds. The van der Waals surface area contributed by atoms with Crippen molar-refractivity contribution < 1.29 is 137 Å². The molecule has 28 nitrogen and oxygen atoms in total. The van der Waals surface area contributed by atoms with Crippen LogP contribution in [0.3, 0.4) is 0 Å². The molecule has 2 unspecified atom stereocenters. The molecule has 0 aliphatic carbocycles. The predicted octanol–water partition coefficient (Wildman–Crippen LogP) is -14.4. The Morgan fingerprint density at radius 1 is 0.596 bits per heavy atom. The van der Waals surface area contributed by atoms with Gasteiger partial charge in [-0.15, -0.1) is 0 Å². The number of nitrogens with zero attached hydrogens (tertiary/aromatic N) is 1. The maximum absolute atomic E-state index is 13.4. The number of carbonyl (C=O) groups is 1. The quantitative estimate of drug-likeness (QED) is 0.0926. The molecule has 3 rings (SSSR count). The van der Waals surface area contributed by atoms with Crippen molar-refractivity contribution in [3.8, 4) is 23.0 Å². The van der Waals surface area contributed by atoms with Crippen molar-refractivity contribution in [2.24, 2.45) is 0 Å². The van der Waals surface area contributed by atoms with E-state index in [0.29, 0.717) is 7.11 Å². The summed E-state index contributed by atoms with van der Waals surface area (Å²) in [6, 6.07) is 0. The molecule has 2 aliphatic heterocycles. The highest BCUT2D eigenvalue weighted by molar-refractivity contribution is 5.98. The van der Waals surface area contributed by atoms with Crippen LogP contribution in [0.1, 0.15) is 11.1 Å². The largest absolute Gasteiger partial charge is 0.504 e. The third kappa shape index (κ3) is 4.13. The Morgan fingerprint density at radius 3 is 1.36 bits per heavy atom. The van der Waals surface area contributed by atoms with Crippen LogP contribution in [-0.2, 0) is 16.3 Å². The second kappa shape index (κ2) is 9.65. The van der Waals surface area contributed by atoms with Crippen LogP contribution in [0.2, 0.25) is 0 Å². The Balaban J connectivity index is 2.68. The molecule has 1 aromatic carbocycles. The van der Waals surface area contributed by atoms with Gasteiger partial charge in [-0.1, -0.05) is 0 Å². The van der Waals surface area contributed by atoms with E-state index in [4.69, 9.17) is 15.3 Å². The first kappa shape index (κ1) is 38.6. The van der Waals surface area contributed by atoms with E-state index in [1.165, 1.54) is 0 Å². The lowest BCUT2D eigenvalue weighted by Crippen LogP contribution is -2.98. The molecule has 0 aromatic heterocycles. The number of hydrogen-bond donors (Lipinski definition) is 24. The maximum Gasteiger partial charge on any atom is 0.453 e. The topological polar surface area (TPSA) is 524 Å². The van der Waals surface area contributed by atoms with Crippen LogP contribution in [0.4, 0.5) is 0 Å². The second-order valence-corrected chi connectivity index (χ2v) is 10.3. The number of ketones is 1. The SMILES string of the molecule is COc1c(O)c2c(c(O)c1OC(O)(O)O)C(O)(O)C(O)(O)N1C(O)(O)C(O)(C(O)(O)C(O)(C(O)(O)O)C(O)(O)O)C(=O)C(O)(O)C21O. The van der Waals surface area contributed by atoms with Crippen LogP contribution in [0.25, 0.3) is 0 Å². The van der Waals surface area contributed by atoms with Gasteiger partial charge in [0.05, 0.1) is 18.2 Å². The van der Waals surface area contributed by atoms with E-state index in [1.54, 1.807) is 0 Å². The molecule has 2 aliphatic rings. The first-order chi connectivity index (χ1) is 20.4.